The van der Waals surface area contributed by atoms with Gasteiger partial charge in [0.05, 0.1) is 24.0 Å². The van der Waals surface area contributed by atoms with E-state index in [1.54, 1.807) is 30.3 Å². The molecule has 1 unspecified atom stereocenters. The van der Waals surface area contributed by atoms with Crippen LogP contribution in [0.5, 0.6) is 0 Å². The molecule has 4 amide bonds. The van der Waals surface area contributed by atoms with Crippen LogP contribution in [-0.2, 0) is 35.1 Å². The van der Waals surface area contributed by atoms with Crippen molar-refractivity contribution in [2.45, 2.75) is 44.2 Å². The molecule has 0 fully saturated rings. The lowest BCUT2D eigenvalue weighted by Crippen LogP contribution is -2.48. The third-order valence-electron chi connectivity index (χ3n) is 7.59. The fourth-order valence-corrected chi connectivity index (χ4v) is 5.62. The number of aliphatic carboxylic acids is 2. The standard InChI is InChI=1S/C34H38N4O11S/c1-49-34(48)37-25(29(40)35-17-8-7-13-28(39)36-24(32(44)45)16-18-50-2)19-20-14-15-27(22-10-4-3-9-21(20)22)38(30(41)33(46)47)26-12-6-5-11-23(26)31(42)43/h3-6,9-12,14-15,24-25H,7-8,13,16-19H2,1-2H3,(H,35,40)(H,36,39)(H,37,48)(H,42,43)(H,44,45)(H,46,47)/t24-,25?/m0/s1. The first kappa shape index (κ1) is 38.8. The number of hydrogen-bond donors (Lipinski definition) is 6. The fraction of sp³-hybridized carbons (Fsp3) is 0.324. The van der Waals surface area contributed by atoms with Gasteiger partial charge in [-0.3, -0.25) is 19.3 Å². The van der Waals surface area contributed by atoms with Gasteiger partial charge in [-0.2, -0.15) is 11.8 Å². The normalized spacial score (nSPS) is 11.9. The summed E-state index contributed by atoms with van der Waals surface area (Å²) in [5, 5.41) is 37.3. The molecule has 0 spiro atoms. The largest absolute Gasteiger partial charge is 0.480 e. The van der Waals surface area contributed by atoms with Gasteiger partial charge in [-0.25, -0.2) is 19.2 Å². The Hall–Kier alpha value is -5.64. The minimum absolute atomic E-state index is 0.0550. The number of carbonyl (C=O) groups excluding carboxylic acids is 4. The van der Waals surface area contributed by atoms with Crippen molar-refractivity contribution in [1.29, 1.82) is 0 Å². The van der Waals surface area contributed by atoms with E-state index in [1.807, 2.05) is 6.26 Å². The van der Waals surface area contributed by atoms with Crippen LogP contribution in [0.1, 0.15) is 41.6 Å². The number of benzene rings is 3. The first-order chi connectivity index (χ1) is 23.9. The van der Waals surface area contributed by atoms with Gasteiger partial charge in [-0.1, -0.05) is 42.5 Å². The number of amides is 4. The fourth-order valence-electron chi connectivity index (χ4n) is 5.15. The lowest BCUT2D eigenvalue weighted by molar-refractivity contribution is -0.148. The molecule has 3 aromatic carbocycles. The van der Waals surface area contributed by atoms with Crippen molar-refractivity contribution >= 4 is 75.6 Å². The number of aromatic carboxylic acids is 1. The number of para-hydroxylation sites is 1. The highest BCUT2D eigenvalue weighted by molar-refractivity contribution is 7.98. The Morgan fingerprint density at radius 2 is 1.50 bits per heavy atom. The Bertz CT molecular complexity index is 1750. The molecular weight excluding hydrogens is 672 g/mol. The maximum Gasteiger partial charge on any atom is 0.407 e. The van der Waals surface area contributed by atoms with E-state index in [2.05, 4.69) is 16.0 Å². The highest BCUT2D eigenvalue weighted by Gasteiger charge is 2.30. The van der Waals surface area contributed by atoms with E-state index in [-0.39, 0.29) is 36.3 Å². The zero-order valence-electron chi connectivity index (χ0n) is 27.3. The van der Waals surface area contributed by atoms with Gasteiger partial charge < -0.3 is 36.0 Å². The summed E-state index contributed by atoms with van der Waals surface area (Å²) in [6, 6.07) is 13.0. The Labute approximate surface area is 291 Å². The average Bonchev–Trinajstić information content (AvgIpc) is 3.10. The number of nitrogens with one attached hydrogen (secondary N) is 3. The van der Waals surface area contributed by atoms with Crippen LogP contribution in [0.3, 0.4) is 0 Å². The number of nitrogens with zero attached hydrogens (tertiary/aromatic N) is 1. The molecule has 15 nitrogen and oxygen atoms in total. The molecule has 50 heavy (non-hydrogen) atoms. The zero-order chi connectivity index (χ0) is 36.8. The summed E-state index contributed by atoms with van der Waals surface area (Å²) in [5.41, 5.74) is 0.145. The van der Waals surface area contributed by atoms with Crippen molar-refractivity contribution in [3.63, 3.8) is 0 Å². The number of ether oxygens (including phenoxy) is 1. The number of rotatable bonds is 17. The van der Waals surface area contributed by atoms with Crippen molar-refractivity contribution in [1.82, 2.24) is 16.0 Å². The molecule has 0 aromatic heterocycles. The number of carboxylic acid groups (broad SMARTS) is 3. The predicted octanol–water partition coefficient (Wildman–Crippen LogP) is 3.16. The molecule has 6 N–H and O–H groups in total. The lowest BCUT2D eigenvalue weighted by Gasteiger charge is -2.25. The zero-order valence-corrected chi connectivity index (χ0v) is 28.2. The van der Waals surface area contributed by atoms with Crippen LogP contribution in [0.25, 0.3) is 10.8 Å². The summed E-state index contributed by atoms with van der Waals surface area (Å²) in [5.74, 6) is -6.09. The van der Waals surface area contributed by atoms with Crippen LogP contribution in [0.4, 0.5) is 16.2 Å². The number of alkyl carbamates (subject to hydrolysis) is 1. The van der Waals surface area contributed by atoms with Crippen molar-refractivity contribution in [3.8, 4) is 0 Å². The van der Waals surface area contributed by atoms with Crippen molar-refractivity contribution in [3.05, 3.63) is 71.8 Å². The van der Waals surface area contributed by atoms with E-state index in [0.29, 0.717) is 41.4 Å². The number of thioether (sulfide) groups is 1. The van der Waals surface area contributed by atoms with Crippen LogP contribution >= 0.6 is 11.8 Å². The van der Waals surface area contributed by atoms with Gasteiger partial charge in [-0.15, -0.1) is 0 Å². The van der Waals surface area contributed by atoms with Crippen molar-refractivity contribution in [2.75, 3.05) is 30.6 Å². The van der Waals surface area contributed by atoms with Gasteiger partial charge in [-0.05, 0) is 60.4 Å². The van der Waals surface area contributed by atoms with Gasteiger partial charge in [0.25, 0.3) is 0 Å². The first-order valence-corrected chi connectivity index (χ1v) is 16.8. The molecule has 3 rings (SSSR count). The van der Waals surface area contributed by atoms with E-state index in [4.69, 9.17) is 4.74 Å². The molecule has 2 atom stereocenters. The van der Waals surface area contributed by atoms with Gasteiger partial charge >= 0.3 is 29.9 Å². The molecule has 0 saturated carbocycles. The van der Waals surface area contributed by atoms with Gasteiger partial charge in [0.1, 0.15) is 12.1 Å². The third-order valence-corrected chi connectivity index (χ3v) is 8.23. The number of carbonyl (C=O) groups is 7. The Balaban J connectivity index is 1.82. The molecule has 0 aliphatic carbocycles. The number of carboxylic acids is 3. The number of unbranched alkanes of at least 4 members (excludes halogenated alkanes) is 1. The van der Waals surface area contributed by atoms with E-state index < -0.39 is 53.8 Å². The topological polar surface area (TPSA) is 229 Å². The number of hydrogen-bond acceptors (Lipinski definition) is 9. The highest BCUT2D eigenvalue weighted by atomic mass is 32.2. The quantitative estimate of drug-likeness (QED) is 0.0877. The van der Waals surface area contributed by atoms with Crippen LogP contribution in [-0.4, -0.2) is 94.8 Å². The third kappa shape index (κ3) is 10.4. The second-order valence-electron chi connectivity index (χ2n) is 10.9. The van der Waals surface area contributed by atoms with Gasteiger partial charge in [0, 0.05) is 24.8 Å². The minimum atomic E-state index is -1.81. The molecule has 3 aromatic rings. The Morgan fingerprint density at radius 1 is 0.820 bits per heavy atom. The van der Waals surface area contributed by atoms with Crippen LogP contribution < -0.4 is 20.9 Å². The van der Waals surface area contributed by atoms with Gasteiger partial charge in [0.2, 0.25) is 11.8 Å². The molecular formula is C34H38N4O11S. The molecule has 0 heterocycles. The van der Waals surface area contributed by atoms with Crippen LogP contribution in [0.2, 0.25) is 0 Å². The van der Waals surface area contributed by atoms with Gasteiger partial charge in [0.15, 0.2) is 0 Å². The molecule has 0 aliphatic heterocycles. The number of methoxy groups -OCH3 is 1. The molecule has 0 radical (unpaired) electrons. The average molecular weight is 711 g/mol. The first-order valence-electron chi connectivity index (χ1n) is 15.4. The van der Waals surface area contributed by atoms with E-state index in [9.17, 15) is 48.9 Å². The smallest absolute Gasteiger partial charge is 0.407 e. The summed E-state index contributed by atoms with van der Waals surface area (Å²) in [6.07, 6.45) is 2.00. The summed E-state index contributed by atoms with van der Waals surface area (Å²) >= 11 is 1.47. The maximum absolute atomic E-state index is 13.3. The summed E-state index contributed by atoms with van der Waals surface area (Å²) in [4.78, 5) is 86.9. The lowest BCUT2D eigenvalue weighted by atomic mass is 9.96. The predicted molar refractivity (Wildman–Crippen MR) is 185 cm³/mol. The monoisotopic (exact) mass is 710 g/mol. The molecule has 0 saturated heterocycles. The van der Waals surface area contributed by atoms with E-state index in [0.717, 1.165) is 12.0 Å². The van der Waals surface area contributed by atoms with Crippen molar-refractivity contribution < 1.29 is 53.6 Å². The summed E-state index contributed by atoms with van der Waals surface area (Å²) < 4.78 is 4.71. The number of anilines is 2. The molecule has 266 valence electrons. The molecule has 16 heteroatoms. The van der Waals surface area contributed by atoms with Crippen molar-refractivity contribution in [2.24, 2.45) is 0 Å². The highest BCUT2D eigenvalue weighted by Crippen LogP contribution is 2.36. The molecule has 0 bridgehead atoms. The van der Waals surface area contributed by atoms with E-state index >= 15 is 0 Å². The summed E-state index contributed by atoms with van der Waals surface area (Å²) in [6.45, 7) is 0.148. The number of fused-ring (bicyclic) bond motifs is 1. The Kier molecular flexibility index (Phi) is 14.6. The SMILES string of the molecule is COC(=O)NC(Cc1ccc(N(C(=O)C(=O)O)c2ccccc2C(=O)O)c2ccccc12)C(=O)NCCCCC(=O)N[C@@H](CCSC)C(=O)O. The van der Waals surface area contributed by atoms with Crippen LogP contribution in [0.15, 0.2) is 60.7 Å². The second-order valence-corrected chi connectivity index (χ2v) is 11.9. The Morgan fingerprint density at radius 3 is 2.14 bits per heavy atom. The minimum Gasteiger partial charge on any atom is -0.480 e. The summed E-state index contributed by atoms with van der Waals surface area (Å²) in [7, 11) is 1.14. The molecule has 0 aliphatic rings. The van der Waals surface area contributed by atoms with E-state index in [1.165, 1.54) is 42.1 Å². The second kappa shape index (κ2) is 18.8. The van der Waals surface area contributed by atoms with Crippen LogP contribution in [0, 0.1) is 0 Å². The maximum atomic E-state index is 13.3.